The van der Waals surface area contributed by atoms with Gasteiger partial charge in [0.25, 0.3) is 0 Å². The third kappa shape index (κ3) is 2.94. The van der Waals surface area contributed by atoms with Gasteiger partial charge in [-0.25, -0.2) is 8.78 Å². The van der Waals surface area contributed by atoms with Gasteiger partial charge in [-0.2, -0.15) is 5.26 Å². The number of nitrogens with one attached hydrogen (secondary N) is 1. The highest BCUT2D eigenvalue weighted by atomic mass is 19.2. The molecule has 0 amide bonds. The largest absolute Gasteiger partial charge is 0.382 e. The highest BCUT2D eigenvalue weighted by Gasteiger charge is 2.13. The first-order valence-electron chi connectivity index (χ1n) is 6.30. The van der Waals surface area contributed by atoms with Crippen molar-refractivity contribution in [2.24, 2.45) is 0 Å². The molecule has 0 saturated heterocycles. The van der Waals surface area contributed by atoms with Gasteiger partial charge in [0.15, 0.2) is 11.6 Å². The lowest BCUT2D eigenvalue weighted by molar-refractivity contribution is 0.508. The fourth-order valence-corrected chi connectivity index (χ4v) is 1.93. The first-order chi connectivity index (χ1) is 9.63. The van der Waals surface area contributed by atoms with Gasteiger partial charge in [0.2, 0.25) is 0 Å². The third-order valence-corrected chi connectivity index (χ3v) is 3.17. The Bertz CT molecular complexity index is 633. The molecule has 0 aliphatic rings. The SMILES string of the molecule is CC(CNc1ccc(C#N)c(F)c1F)c1ccccc1. The van der Waals surface area contributed by atoms with E-state index < -0.39 is 11.6 Å². The number of rotatable bonds is 4. The fraction of sp³-hybridized carbons (Fsp3) is 0.188. The first kappa shape index (κ1) is 14.0. The van der Waals surface area contributed by atoms with Crippen LogP contribution in [0.2, 0.25) is 0 Å². The van der Waals surface area contributed by atoms with Crippen molar-refractivity contribution in [1.82, 2.24) is 0 Å². The zero-order valence-electron chi connectivity index (χ0n) is 11.0. The number of benzene rings is 2. The molecule has 0 fully saturated rings. The Morgan fingerprint density at radius 3 is 2.45 bits per heavy atom. The van der Waals surface area contributed by atoms with E-state index in [0.29, 0.717) is 6.54 Å². The molecule has 0 aliphatic carbocycles. The summed E-state index contributed by atoms with van der Waals surface area (Å²) in [6.45, 7) is 2.48. The quantitative estimate of drug-likeness (QED) is 0.911. The van der Waals surface area contributed by atoms with Crippen LogP contribution < -0.4 is 5.32 Å². The third-order valence-electron chi connectivity index (χ3n) is 3.17. The van der Waals surface area contributed by atoms with Gasteiger partial charge in [-0.15, -0.1) is 0 Å². The highest BCUT2D eigenvalue weighted by Crippen LogP contribution is 2.22. The number of hydrogen-bond acceptors (Lipinski definition) is 2. The molecule has 2 aromatic rings. The second kappa shape index (κ2) is 6.16. The molecule has 1 unspecified atom stereocenters. The van der Waals surface area contributed by atoms with Crippen LogP contribution in [-0.4, -0.2) is 6.54 Å². The number of nitriles is 1. The Labute approximate surface area is 116 Å². The van der Waals surface area contributed by atoms with Crippen LogP contribution >= 0.6 is 0 Å². The summed E-state index contributed by atoms with van der Waals surface area (Å²) >= 11 is 0. The molecule has 0 radical (unpaired) electrons. The molecule has 2 rings (SSSR count). The Kier molecular flexibility index (Phi) is 4.31. The number of nitrogens with zero attached hydrogens (tertiary/aromatic N) is 1. The molecule has 0 aliphatic heterocycles. The van der Waals surface area contributed by atoms with Gasteiger partial charge in [-0.05, 0) is 23.6 Å². The van der Waals surface area contributed by atoms with Gasteiger partial charge in [-0.1, -0.05) is 37.3 Å². The van der Waals surface area contributed by atoms with Gasteiger partial charge in [0.1, 0.15) is 6.07 Å². The minimum atomic E-state index is -1.11. The summed E-state index contributed by atoms with van der Waals surface area (Å²) < 4.78 is 27.2. The topological polar surface area (TPSA) is 35.8 Å². The molecular weight excluding hydrogens is 258 g/mol. The minimum Gasteiger partial charge on any atom is -0.382 e. The monoisotopic (exact) mass is 272 g/mol. The number of hydrogen-bond donors (Lipinski definition) is 1. The summed E-state index contributed by atoms with van der Waals surface area (Å²) in [7, 11) is 0. The fourth-order valence-electron chi connectivity index (χ4n) is 1.93. The van der Waals surface area contributed by atoms with E-state index in [0.717, 1.165) is 5.56 Å². The van der Waals surface area contributed by atoms with Gasteiger partial charge < -0.3 is 5.32 Å². The normalized spacial score (nSPS) is 11.7. The van der Waals surface area contributed by atoms with Crippen molar-refractivity contribution in [3.63, 3.8) is 0 Å². The smallest absolute Gasteiger partial charge is 0.183 e. The van der Waals surface area contributed by atoms with Crippen LogP contribution in [0.1, 0.15) is 24.0 Å². The van der Waals surface area contributed by atoms with E-state index in [-0.39, 0.29) is 17.2 Å². The van der Waals surface area contributed by atoms with Crippen molar-refractivity contribution in [3.8, 4) is 6.07 Å². The van der Waals surface area contributed by atoms with Crippen LogP contribution in [0.3, 0.4) is 0 Å². The van der Waals surface area contributed by atoms with Crippen LogP contribution in [0.4, 0.5) is 14.5 Å². The van der Waals surface area contributed by atoms with Crippen molar-refractivity contribution >= 4 is 5.69 Å². The Morgan fingerprint density at radius 2 is 1.80 bits per heavy atom. The number of halogens is 2. The minimum absolute atomic E-state index is 0.0734. The first-order valence-corrected chi connectivity index (χ1v) is 6.30. The highest BCUT2D eigenvalue weighted by molar-refractivity contribution is 5.50. The molecular formula is C16H14F2N2. The standard InChI is InChI=1S/C16H14F2N2/c1-11(12-5-3-2-4-6-12)10-20-14-8-7-13(9-19)15(17)16(14)18/h2-8,11,20H,10H2,1H3. The van der Waals surface area contributed by atoms with Gasteiger partial charge in [-0.3, -0.25) is 0 Å². The number of anilines is 1. The second-order valence-corrected chi connectivity index (χ2v) is 4.59. The molecule has 2 nitrogen and oxygen atoms in total. The lowest BCUT2D eigenvalue weighted by atomic mass is 10.0. The van der Waals surface area contributed by atoms with Crippen molar-refractivity contribution in [3.05, 3.63) is 65.2 Å². The van der Waals surface area contributed by atoms with Gasteiger partial charge in [0, 0.05) is 6.54 Å². The zero-order chi connectivity index (χ0) is 14.5. The molecule has 0 aromatic heterocycles. The summed E-state index contributed by atoms with van der Waals surface area (Å²) in [5.74, 6) is -1.96. The Hall–Kier alpha value is -2.41. The van der Waals surface area contributed by atoms with E-state index in [1.165, 1.54) is 12.1 Å². The van der Waals surface area contributed by atoms with Crippen molar-refractivity contribution in [1.29, 1.82) is 5.26 Å². The molecule has 2 aromatic carbocycles. The van der Waals surface area contributed by atoms with Crippen LogP contribution in [0.25, 0.3) is 0 Å². The molecule has 0 bridgehead atoms. The van der Waals surface area contributed by atoms with Crippen LogP contribution in [-0.2, 0) is 0 Å². The van der Waals surface area contributed by atoms with Crippen LogP contribution in [0, 0.1) is 23.0 Å². The summed E-state index contributed by atoms with van der Waals surface area (Å²) in [5, 5.41) is 11.5. The molecule has 102 valence electrons. The lowest BCUT2D eigenvalue weighted by Crippen LogP contribution is -2.11. The lowest BCUT2D eigenvalue weighted by Gasteiger charge is -2.14. The van der Waals surface area contributed by atoms with Crippen LogP contribution in [0.5, 0.6) is 0 Å². The maximum Gasteiger partial charge on any atom is 0.183 e. The molecule has 0 saturated carbocycles. The van der Waals surface area contributed by atoms with Crippen molar-refractivity contribution in [2.75, 3.05) is 11.9 Å². The van der Waals surface area contributed by atoms with Crippen molar-refractivity contribution in [2.45, 2.75) is 12.8 Å². The van der Waals surface area contributed by atoms with Crippen LogP contribution in [0.15, 0.2) is 42.5 Å². The molecule has 0 heterocycles. The molecule has 4 heteroatoms. The second-order valence-electron chi connectivity index (χ2n) is 4.59. The molecule has 1 N–H and O–H groups in total. The van der Waals surface area contributed by atoms with Gasteiger partial charge >= 0.3 is 0 Å². The van der Waals surface area contributed by atoms with E-state index in [9.17, 15) is 8.78 Å². The zero-order valence-corrected chi connectivity index (χ0v) is 11.0. The van der Waals surface area contributed by atoms with E-state index in [1.807, 2.05) is 37.3 Å². The maximum atomic E-state index is 13.7. The predicted molar refractivity (Wildman–Crippen MR) is 74.4 cm³/mol. The van der Waals surface area contributed by atoms with E-state index in [1.54, 1.807) is 6.07 Å². The molecule has 0 spiro atoms. The Balaban J connectivity index is 2.09. The summed E-state index contributed by atoms with van der Waals surface area (Å²) in [5.41, 5.74) is 0.906. The van der Waals surface area contributed by atoms with E-state index in [4.69, 9.17) is 5.26 Å². The van der Waals surface area contributed by atoms with Crippen molar-refractivity contribution < 1.29 is 8.78 Å². The summed E-state index contributed by atoms with van der Waals surface area (Å²) in [6.07, 6.45) is 0. The summed E-state index contributed by atoms with van der Waals surface area (Å²) in [4.78, 5) is 0. The van der Waals surface area contributed by atoms with Gasteiger partial charge in [0.05, 0.1) is 11.3 Å². The molecule has 20 heavy (non-hydrogen) atoms. The Morgan fingerprint density at radius 1 is 1.10 bits per heavy atom. The predicted octanol–water partition coefficient (Wildman–Crippen LogP) is 4.05. The summed E-state index contributed by atoms with van der Waals surface area (Å²) in [6, 6.07) is 14.0. The van der Waals surface area contributed by atoms with E-state index in [2.05, 4.69) is 5.32 Å². The van der Waals surface area contributed by atoms with E-state index >= 15 is 0 Å². The maximum absolute atomic E-state index is 13.7. The molecule has 1 atom stereocenters. The average Bonchev–Trinajstić information content (AvgIpc) is 2.49. The average molecular weight is 272 g/mol.